The first-order chi connectivity index (χ1) is 15.2. The molecule has 0 atom stereocenters. The molecule has 3 N–H and O–H groups in total. The van der Waals surface area contributed by atoms with Gasteiger partial charge >= 0.3 is 6.03 Å². The molecule has 7 heteroatoms. The fourth-order valence-corrected chi connectivity index (χ4v) is 3.08. The minimum absolute atomic E-state index is 0.211. The number of para-hydroxylation sites is 2. The van der Waals surface area contributed by atoms with Crippen LogP contribution in [-0.4, -0.2) is 21.7 Å². The van der Waals surface area contributed by atoms with Gasteiger partial charge in [-0.1, -0.05) is 36.4 Å². The van der Waals surface area contributed by atoms with Crippen LogP contribution in [0.2, 0.25) is 0 Å². The van der Waals surface area contributed by atoms with Crippen molar-refractivity contribution in [2.75, 3.05) is 10.6 Å². The minimum atomic E-state index is -0.336. The number of carbonyl (C=O) groups is 2. The number of amides is 3. The van der Waals surface area contributed by atoms with Crippen molar-refractivity contribution in [3.8, 4) is 5.69 Å². The van der Waals surface area contributed by atoms with Gasteiger partial charge in [-0.05, 0) is 54.1 Å². The lowest BCUT2D eigenvalue weighted by molar-refractivity contribution is 0.102. The van der Waals surface area contributed by atoms with Crippen LogP contribution in [0.15, 0.2) is 97.3 Å². The summed E-state index contributed by atoms with van der Waals surface area (Å²) in [5.74, 6) is -0.211. The zero-order valence-corrected chi connectivity index (χ0v) is 16.7. The van der Waals surface area contributed by atoms with Gasteiger partial charge in [-0.25, -0.2) is 9.48 Å². The zero-order chi connectivity index (χ0) is 21.5. The summed E-state index contributed by atoms with van der Waals surface area (Å²) in [6.45, 7) is 0.347. The minimum Gasteiger partial charge on any atom is -0.334 e. The Morgan fingerprint density at radius 2 is 1.48 bits per heavy atom. The summed E-state index contributed by atoms with van der Waals surface area (Å²) in [5.41, 5.74) is 3.66. The van der Waals surface area contributed by atoms with Gasteiger partial charge in [-0.15, -0.1) is 0 Å². The van der Waals surface area contributed by atoms with Crippen molar-refractivity contribution < 1.29 is 9.59 Å². The molecular weight excluding hydrogens is 390 g/mol. The highest BCUT2D eigenvalue weighted by molar-refractivity contribution is 6.04. The molecule has 0 bridgehead atoms. The van der Waals surface area contributed by atoms with Gasteiger partial charge in [-0.3, -0.25) is 4.79 Å². The first kappa shape index (κ1) is 19.9. The molecule has 0 aliphatic rings. The topological polar surface area (TPSA) is 88.1 Å². The van der Waals surface area contributed by atoms with Crippen LogP contribution in [-0.2, 0) is 6.54 Å². The molecule has 4 rings (SSSR count). The van der Waals surface area contributed by atoms with Gasteiger partial charge < -0.3 is 16.0 Å². The van der Waals surface area contributed by atoms with Crippen molar-refractivity contribution in [2.24, 2.45) is 0 Å². The van der Waals surface area contributed by atoms with E-state index in [0.29, 0.717) is 17.8 Å². The van der Waals surface area contributed by atoms with Gasteiger partial charge in [0.15, 0.2) is 0 Å². The van der Waals surface area contributed by atoms with Crippen molar-refractivity contribution in [2.45, 2.75) is 6.54 Å². The van der Waals surface area contributed by atoms with Crippen LogP contribution in [0.25, 0.3) is 5.69 Å². The molecule has 154 valence electrons. The molecular formula is C24H21N5O2. The smallest absolute Gasteiger partial charge is 0.319 e. The number of urea groups is 1. The van der Waals surface area contributed by atoms with Crippen LogP contribution in [0.3, 0.4) is 0 Å². The molecule has 1 aromatic heterocycles. The number of rotatable bonds is 6. The van der Waals surface area contributed by atoms with E-state index in [2.05, 4.69) is 21.0 Å². The quantitative estimate of drug-likeness (QED) is 0.438. The second-order valence-electron chi connectivity index (χ2n) is 6.78. The van der Waals surface area contributed by atoms with E-state index in [9.17, 15) is 9.59 Å². The van der Waals surface area contributed by atoms with Crippen molar-refractivity contribution in [3.63, 3.8) is 0 Å². The molecule has 0 saturated carbocycles. The van der Waals surface area contributed by atoms with E-state index in [-0.39, 0.29) is 11.9 Å². The standard InChI is InChI=1S/C24H21N5O2/c30-23(27-20-8-2-1-3-9-20)18-11-13-21(14-12-18)28-24(31)25-17-19-7-4-5-10-22(19)29-16-6-15-26-29/h1-16H,17H2,(H,27,30)(H2,25,28,31). The third-order valence-corrected chi connectivity index (χ3v) is 4.62. The second kappa shape index (κ2) is 9.41. The fourth-order valence-electron chi connectivity index (χ4n) is 3.08. The largest absolute Gasteiger partial charge is 0.334 e. The lowest BCUT2D eigenvalue weighted by atomic mass is 10.2. The summed E-state index contributed by atoms with van der Waals surface area (Å²) in [7, 11) is 0. The number of carbonyl (C=O) groups excluding carboxylic acids is 2. The highest BCUT2D eigenvalue weighted by Crippen LogP contribution is 2.14. The average Bonchev–Trinajstić information content (AvgIpc) is 3.34. The summed E-state index contributed by atoms with van der Waals surface area (Å²) in [4.78, 5) is 24.6. The lowest BCUT2D eigenvalue weighted by Crippen LogP contribution is -2.28. The van der Waals surface area contributed by atoms with Gasteiger partial charge in [0.1, 0.15) is 0 Å². The van der Waals surface area contributed by atoms with E-state index >= 15 is 0 Å². The molecule has 0 aliphatic heterocycles. The summed E-state index contributed by atoms with van der Waals surface area (Å²) < 4.78 is 1.76. The van der Waals surface area contributed by atoms with Crippen LogP contribution in [0.5, 0.6) is 0 Å². The predicted molar refractivity (Wildman–Crippen MR) is 120 cm³/mol. The van der Waals surface area contributed by atoms with Crippen molar-refractivity contribution in [1.29, 1.82) is 0 Å². The molecule has 7 nitrogen and oxygen atoms in total. The number of hydrogen-bond acceptors (Lipinski definition) is 3. The molecule has 31 heavy (non-hydrogen) atoms. The fraction of sp³-hybridized carbons (Fsp3) is 0.0417. The predicted octanol–water partition coefficient (Wildman–Crippen LogP) is 4.45. The molecule has 3 aromatic carbocycles. The van der Waals surface area contributed by atoms with Crippen molar-refractivity contribution in [1.82, 2.24) is 15.1 Å². The molecule has 0 fully saturated rings. The number of anilines is 2. The van der Waals surface area contributed by atoms with E-state index in [1.807, 2.05) is 66.9 Å². The van der Waals surface area contributed by atoms with Gasteiger partial charge in [0.05, 0.1) is 5.69 Å². The Bertz CT molecular complexity index is 1160. The zero-order valence-electron chi connectivity index (χ0n) is 16.7. The number of benzene rings is 3. The Balaban J connectivity index is 1.33. The Labute approximate surface area is 179 Å². The van der Waals surface area contributed by atoms with Crippen LogP contribution >= 0.6 is 0 Å². The number of hydrogen-bond donors (Lipinski definition) is 3. The maximum Gasteiger partial charge on any atom is 0.319 e. The van der Waals surface area contributed by atoms with Gasteiger partial charge in [0.2, 0.25) is 0 Å². The van der Waals surface area contributed by atoms with Gasteiger partial charge in [-0.2, -0.15) is 5.10 Å². The Morgan fingerprint density at radius 1 is 0.774 bits per heavy atom. The maximum absolute atomic E-state index is 12.3. The SMILES string of the molecule is O=C(NCc1ccccc1-n1cccn1)Nc1ccc(C(=O)Nc2ccccc2)cc1. The van der Waals surface area contributed by atoms with Crippen LogP contribution < -0.4 is 16.0 Å². The Morgan fingerprint density at radius 3 is 2.23 bits per heavy atom. The first-order valence-corrected chi connectivity index (χ1v) is 9.78. The van der Waals surface area contributed by atoms with Crippen LogP contribution in [0, 0.1) is 0 Å². The Hall–Kier alpha value is -4.39. The third-order valence-electron chi connectivity index (χ3n) is 4.62. The van der Waals surface area contributed by atoms with Gasteiger partial charge in [0, 0.05) is 35.9 Å². The molecule has 0 saturated heterocycles. The monoisotopic (exact) mass is 411 g/mol. The molecule has 0 spiro atoms. The average molecular weight is 411 g/mol. The highest BCUT2D eigenvalue weighted by Gasteiger charge is 2.09. The van der Waals surface area contributed by atoms with Crippen molar-refractivity contribution >= 4 is 23.3 Å². The van der Waals surface area contributed by atoms with Gasteiger partial charge in [0.25, 0.3) is 5.91 Å². The highest BCUT2D eigenvalue weighted by atomic mass is 16.2. The molecule has 0 radical (unpaired) electrons. The molecule has 3 amide bonds. The molecule has 0 aliphatic carbocycles. The van der Waals surface area contributed by atoms with E-state index in [4.69, 9.17) is 0 Å². The molecule has 1 heterocycles. The van der Waals surface area contributed by atoms with E-state index in [1.165, 1.54) is 0 Å². The molecule has 0 unspecified atom stereocenters. The molecule has 4 aromatic rings. The van der Waals surface area contributed by atoms with E-state index < -0.39 is 0 Å². The summed E-state index contributed by atoms with van der Waals surface area (Å²) in [6, 6.07) is 25.2. The van der Waals surface area contributed by atoms with E-state index in [1.54, 1.807) is 35.1 Å². The lowest BCUT2D eigenvalue weighted by Gasteiger charge is -2.12. The van der Waals surface area contributed by atoms with E-state index in [0.717, 1.165) is 16.9 Å². The first-order valence-electron chi connectivity index (χ1n) is 9.78. The van der Waals surface area contributed by atoms with Crippen LogP contribution in [0.4, 0.5) is 16.2 Å². The summed E-state index contributed by atoms with van der Waals surface area (Å²) in [6.07, 6.45) is 3.56. The number of aromatic nitrogens is 2. The van der Waals surface area contributed by atoms with Crippen molar-refractivity contribution in [3.05, 3.63) is 108 Å². The Kier molecular flexibility index (Phi) is 6.04. The number of nitrogens with one attached hydrogen (secondary N) is 3. The summed E-state index contributed by atoms with van der Waals surface area (Å²) >= 11 is 0. The maximum atomic E-state index is 12.3. The van der Waals surface area contributed by atoms with Crippen LogP contribution in [0.1, 0.15) is 15.9 Å². The normalized spacial score (nSPS) is 10.3. The summed E-state index contributed by atoms with van der Waals surface area (Å²) in [5, 5.41) is 12.7. The third kappa shape index (κ3) is 5.16. The number of nitrogens with zero attached hydrogens (tertiary/aromatic N) is 2. The second-order valence-corrected chi connectivity index (χ2v) is 6.78.